The molecule has 176 valence electrons. The molecule has 0 radical (unpaired) electrons. The summed E-state index contributed by atoms with van der Waals surface area (Å²) in [5.41, 5.74) is 1.02. The van der Waals surface area contributed by atoms with E-state index in [1.165, 1.54) is 4.90 Å². The minimum Gasteiger partial charge on any atom is -0.491 e. The van der Waals surface area contributed by atoms with E-state index in [-0.39, 0.29) is 42.0 Å². The van der Waals surface area contributed by atoms with Crippen molar-refractivity contribution in [1.82, 2.24) is 10.2 Å². The van der Waals surface area contributed by atoms with Gasteiger partial charge in [0.1, 0.15) is 12.4 Å². The van der Waals surface area contributed by atoms with Crippen molar-refractivity contribution in [3.63, 3.8) is 0 Å². The van der Waals surface area contributed by atoms with Gasteiger partial charge >= 0.3 is 6.03 Å². The quantitative estimate of drug-likeness (QED) is 0.509. The fourth-order valence-corrected chi connectivity index (χ4v) is 5.80. The highest BCUT2D eigenvalue weighted by atomic mass is 16.5. The molecule has 1 heterocycles. The van der Waals surface area contributed by atoms with Crippen molar-refractivity contribution in [2.75, 3.05) is 20.3 Å². The minimum atomic E-state index is -1.03. The molecule has 1 aromatic carbocycles. The topological polar surface area (TPSA) is 77.1 Å². The first-order valence-electron chi connectivity index (χ1n) is 11.9. The van der Waals surface area contributed by atoms with Crippen molar-refractivity contribution in [2.45, 2.75) is 83.1 Å². The second-order valence-electron chi connectivity index (χ2n) is 9.75. The Hall–Kier alpha value is -2.12. The largest absolute Gasteiger partial charge is 0.491 e. The molecule has 0 aromatic heterocycles. The van der Waals surface area contributed by atoms with E-state index in [1.807, 2.05) is 39.8 Å². The number of urea groups is 1. The van der Waals surface area contributed by atoms with Crippen molar-refractivity contribution in [1.29, 1.82) is 0 Å². The van der Waals surface area contributed by atoms with Crippen LogP contribution in [0.15, 0.2) is 18.2 Å². The van der Waals surface area contributed by atoms with Gasteiger partial charge in [-0.05, 0) is 82.6 Å². The van der Waals surface area contributed by atoms with E-state index >= 15 is 0 Å². The number of nitrogens with zero attached hydrogens (tertiary/aromatic N) is 1. The number of carbonyl (C=O) groups is 2. The van der Waals surface area contributed by atoms with Crippen LogP contribution in [0.1, 0.15) is 70.4 Å². The van der Waals surface area contributed by atoms with Crippen molar-refractivity contribution in [3.8, 4) is 5.75 Å². The van der Waals surface area contributed by atoms with Gasteiger partial charge in [0.05, 0.1) is 18.8 Å². The Morgan fingerprint density at radius 2 is 1.84 bits per heavy atom. The Morgan fingerprint density at radius 1 is 1.09 bits per heavy atom. The standard InChI is InChI=1S/C25H36N2O5/c1-15(2)27-23(28)25(26-24(27)29)21-11-8-17(30-5)6-9-19(21)20-10-7-18(14-22(20)25)32-13-12-31-16(3)4/h7,10,14-17,19,21H,6,8-9,11-13H2,1-5H3,(H,26,29). The Kier molecular flexibility index (Phi) is 6.50. The predicted molar refractivity (Wildman–Crippen MR) is 121 cm³/mol. The summed E-state index contributed by atoms with van der Waals surface area (Å²) in [5, 5.41) is 3.15. The number of hydrogen-bond acceptors (Lipinski definition) is 5. The first-order valence-corrected chi connectivity index (χ1v) is 11.9. The van der Waals surface area contributed by atoms with Gasteiger partial charge in [-0.15, -0.1) is 0 Å². The van der Waals surface area contributed by atoms with E-state index in [2.05, 4.69) is 11.4 Å². The van der Waals surface area contributed by atoms with Crippen molar-refractivity contribution < 1.29 is 23.8 Å². The van der Waals surface area contributed by atoms with E-state index in [0.717, 1.165) is 36.8 Å². The van der Waals surface area contributed by atoms with Gasteiger partial charge in [0.2, 0.25) is 0 Å². The van der Waals surface area contributed by atoms with E-state index in [9.17, 15) is 9.59 Å². The highest BCUT2D eigenvalue weighted by molar-refractivity contribution is 6.08. The first-order chi connectivity index (χ1) is 15.3. The van der Waals surface area contributed by atoms with Gasteiger partial charge in [-0.1, -0.05) is 6.07 Å². The van der Waals surface area contributed by atoms with Crippen LogP contribution in [-0.4, -0.2) is 55.4 Å². The van der Waals surface area contributed by atoms with Crippen LogP contribution < -0.4 is 10.1 Å². The lowest BCUT2D eigenvalue weighted by Gasteiger charge is -2.32. The molecule has 4 unspecified atom stereocenters. The smallest absolute Gasteiger partial charge is 0.325 e. The number of rotatable bonds is 7. The molecule has 3 amide bonds. The molecule has 32 heavy (non-hydrogen) atoms. The molecule has 1 aromatic rings. The number of hydrogen-bond donors (Lipinski definition) is 1. The summed E-state index contributed by atoms with van der Waals surface area (Å²) in [6.45, 7) is 8.68. The summed E-state index contributed by atoms with van der Waals surface area (Å²) < 4.78 is 17.2. The average molecular weight is 445 g/mol. The number of nitrogens with one attached hydrogen (secondary N) is 1. The lowest BCUT2D eigenvalue weighted by Crippen LogP contribution is -2.49. The summed E-state index contributed by atoms with van der Waals surface area (Å²) in [4.78, 5) is 28.2. The van der Waals surface area contributed by atoms with Crippen molar-refractivity contribution in [3.05, 3.63) is 29.3 Å². The summed E-state index contributed by atoms with van der Waals surface area (Å²) in [7, 11) is 1.76. The number of methoxy groups -OCH3 is 1. The molecule has 4 atom stereocenters. The van der Waals surface area contributed by atoms with Crippen LogP contribution in [0.3, 0.4) is 0 Å². The van der Waals surface area contributed by atoms with Crippen molar-refractivity contribution >= 4 is 11.9 Å². The van der Waals surface area contributed by atoms with Crippen LogP contribution in [0.25, 0.3) is 0 Å². The molecule has 1 saturated heterocycles. The zero-order valence-electron chi connectivity index (χ0n) is 19.8. The second kappa shape index (κ2) is 9.02. The van der Waals surface area contributed by atoms with E-state index in [4.69, 9.17) is 14.2 Å². The molecular formula is C25H36N2O5. The van der Waals surface area contributed by atoms with E-state index in [0.29, 0.717) is 19.0 Å². The molecule has 3 aliphatic rings. The van der Waals surface area contributed by atoms with Gasteiger partial charge in [0, 0.05) is 19.1 Å². The van der Waals surface area contributed by atoms with Gasteiger partial charge in [0.25, 0.3) is 5.91 Å². The number of fused-ring (bicyclic) bond motifs is 5. The molecule has 0 bridgehead atoms. The molecular weight excluding hydrogens is 408 g/mol. The molecule has 1 spiro atoms. The monoisotopic (exact) mass is 444 g/mol. The van der Waals surface area contributed by atoms with E-state index in [1.54, 1.807) is 7.11 Å². The Bertz CT molecular complexity index is 870. The maximum absolute atomic E-state index is 13.9. The Balaban J connectivity index is 1.71. The Morgan fingerprint density at radius 3 is 2.50 bits per heavy atom. The van der Waals surface area contributed by atoms with Crippen LogP contribution in [-0.2, 0) is 19.8 Å². The van der Waals surface area contributed by atoms with Crippen LogP contribution in [0.4, 0.5) is 4.79 Å². The molecule has 1 N–H and O–H groups in total. The number of benzene rings is 1. The molecule has 1 aliphatic heterocycles. The lowest BCUT2D eigenvalue weighted by atomic mass is 9.77. The van der Waals surface area contributed by atoms with Gasteiger partial charge in [-0.2, -0.15) is 0 Å². The normalized spacial score (nSPS) is 29.5. The molecule has 7 nitrogen and oxygen atoms in total. The summed E-state index contributed by atoms with van der Waals surface area (Å²) in [6.07, 6.45) is 3.94. The third-order valence-corrected chi connectivity index (χ3v) is 7.22. The molecule has 1 saturated carbocycles. The van der Waals surface area contributed by atoms with E-state index < -0.39 is 5.54 Å². The third kappa shape index (κ3) is 3.79. The fourth-order valence-electron chi connectivity index (χ4n) is 5.80. The van der Waals surface area contributed by atoms with Crippen molar-refractivity contribution in [2.24, 2.45) is 5.92 Å². The zero-order valence-corrected chi connectivity index (χ0v) is 19.8. The Labute approximate surface area is 190 Å². The lowest BCUT2D eigenvalue weighted by molar-refractivity contribution is -0.134. The van der Waals surface area contributed by atoms with Gasteiger partial charge < -0.3 is 19.5 Å². The highest BCUT2D eigenvalue weighted by Crippen LogP contribution is 2.57. The molecule has 7 heteroatoms. The molecule has 2 fully saturated rings. The number of imide groups is 1. The molecule has 4 rings (SSSR count). The maximum Gasteiger partial charge on any atom is 0.325 e. The van der Waals surface area contributed by atoms with Crippen LogP contribution in [0.2, 0.25) is 0 Å². The number of amides is 3. The maximum atomic E-state index is 13.9. The summed E-state index contributed by atoms with van der Waals surface area (Å²) in [6, 6.07) is 5.53. The van der Waals surface area contributed by atoms with Crippen LogP contribution in [0.5, 0.6) is 5.75 Å². The molecule has 2 aliphatic carbocycles. The van der Waals surface area contributed by atoms with Crippen LogP contribution in [0, 0.1) is 5.92 Å². The van der Waals surface area contributed by atoms with Gasteiger partial charge in [0.15, 0.2) is 5.54 Å². The predicted octanol–water partition coefficient (Wildman–Crippen LogP) is 3.95. The summed E-state index contributed by atoms with van der Waals surface area (Å²) in [5.74, 6) is 0.784. The number of ether oxygens (including phenoxy) is 3. The SMILES string of the molecule is COC1CCC2c3ccc(OCCOC(C)C)cc3C3(NC(=O)N(C(C)C)C3=O)C2CC1. The summed E-state index contributed by atoms with van der Waals surface area (Å²) >= 11 is 0. The highest BCUT2D eigenvalue weighted by Gasteiger charge is 2.63. The second-order valence-corrected chi connectivity index (χ2v) is 9.75. The fraction of sp³-hybridized carbons (Fsp3) is 0.680. The van der Waals surface area contributed by atoms with Crippen LogP contribution >= 0.6 is 0 Å². The average Bonchev–Trinajstić information content (AvgIpc) is 3.04. The van der Waals surface area contributed by atoms with Gasteiger partial charge in [-0.3, -0.25) is 9.69 Å². The van der Waals surface area contributed by atoms with Gasteiger partial charge in [-0.25, -0.2) is 4.79 Å². The first kappa shape index (κ1) is 23.1. The third-order valence-electron chi connectivity index (χ3n) is 7.22. The number of carbonyl (C=O) groups excluding carboxylic acids is 2. The minimum absolute atomic E-state index is 0.0115. The zero-order chi connectivity index (χ0) is 23.0.